The van der Waals surface area contributed by atoms with Crippen molar-refractivity contribution in [1.29, 1.82) is 0 Å². The molecule has 28 heavy (non-hydrogen) atoms. The third-order valence-electron chi connectivity index (χ3n) is 3.95. The summed E-state index contributed by atoms with van der Waals surface area (Å²) in [6.07, 6.45) is 2.56. The molecule has 0 radical (unpaired) electrons. The van der Waals surface area contributed by atoms with Gasteiger partial charge in [0.15, 0.2) is 17.5 Å². The van der Waals surface area contributed by atoms with Crippen molar-refractivity contribution in [2.75, 3.05) is 34.4 Å². The Balaban J connectivity index is 0.00000392. The summed E-state index contributed by atoms with van der Waals surface area (Å²) in [6.45, 7) is 3.85. The lowest BCUT2D eigenvalue weighted by atomic mass is 10.1. The number of nitrogens with one attached hydrogen (secondary N) is 2. The van der Waals surface area contributed by atoms with Crippen LogP contribution in [0.25, 0.3) is 0 Å². The maximum Gasteiger partial charge on any atom is 0.218 e. The highest BCUT2D eigenvalue weighted by molar-refractivity contribution is 14.0. The Labute approximate surface area is 183 Å². The normalized spacial score (nSPS) is 10.6. The molecule has 1 heterocycles. The molecule has 0 aliphatic rings. The maximum atomic E-state index is 5.55. The van der Waals surface area contributed by atoms with Crippen LogP contribution in [0.2, 0.25) is 0 Å². The molecule has 0 aliphatic carbocycles. The largest absolute Gasteiger partial charge is 0.493 e. The smallest absolute Gasteiger partial charge is 0.218 e. The molecule has 1 aromatic carbocycles. The molecule has 7 nitrogen and oxygen atoms in total. The van der Waals surface area contributed by atoms with Gasteiger partial charge in [0, 0.05) is 31.9 Å². The zero-order chi connectivity index (χ0) is 19.5. The van der Waals surface area contributed by atoms with Crippen molar-refractivity contribution in [3.63, 3.8) is 0 Å². The van der Waals surface area contributed by atoms with E-state index in [9.17, 15) is 0 Å². The molecule has 2 rings (SSSR count). The summed E-state index contributed by atoms with van der Waals surface area (Å²) in [6, 6.07) is 9.82. The van der Waals surface area contributed by atoms with Gasteiger partial charge in [-0.15, -0.1) is 24.0 Å². The SMILES string of the molecule is CCOc1ncccc1CNC(=NC)NCCc1ccc(OC)c(OC)c1.I. The molecule has 0 spiro atoms. The monoisotopic (exact) mass is 500 g/mol. The topological polar surface area (TPSA) is 77.0 Å². The van der Waals surface area contributed by atoms with Crippen molar-refractivity contribution in [2.24, 2.45) is 4.99 Å². The van der Waals surface area contributed by atoms with Crippen LogP contribution in [-0.4, -0.2) is 45.4 Å². The van der Waals surface area contributed by atoms with Crippen LogP contribution in [0.3, 0.4) is 0 Å². The first-order valence-electron chi connectivity index (χ1n) is 8.93. The van der Waals surface area contributed by atoms with E-state index >= 15 is 0 Å². The fourth-order valence-electron chi connectivity index (χ4n) is 2.59. The number of rotatable bonds is 9. The summed E-state index contributed by atoms with van der Waals surface area (Å²) in [7, 11) is 5.02. The molecule has 0 unspecified atom stereocenters. The van der Waals surface area contributed by atoms with Crippen molar-refractivity contribution >= 4 is 29.9 Å². The molecule has 0 aliphatic heterocycles. The fourth-order valence-corrected chi connectivity index (χ4v) is 2.59. The third-order valence-corrected chi connectivity index (χ3v) is 3.95. The summed E-state index contributed by atoms with van der Waals surface area (Å²) in [5.74, 6) is 2.83. The molecule has 0 saturated carbocycles. The van der Waals surface area contributed by atoms with E-state index in [4.69, 9.17) is 14.2 Å². The van der Waals surface area contributed by atoms with E-state index in [1.54, 1.807) is 27.5 Å². The standard InChI is InChI=1S/C20H28N4O3.HI/c1-5-27-19-16(7-6-11-22-19)14-24-20(21-2)23-12-10-15-8-9-17(25-3)18(13-15)26-4;/h6-9,11,13H,5,10,12,14H2,1-4H3,(H2,21,23,24);1H. The van der Waals surface area contributed by atoms with E-state index in [-0.39, 0.29) is 24.0 Å². The fraction of sp³-hybridized carbons (Fsp3) is 0.400. The van der Waals surface area contributed by atoms with E-state index in [1.807, 2.05) is 37.3 Å². The molecule has 0 saturated heterocycles. The average Bonchev–Trinajstić information content (AvgIpc) is 2.71. The van der Waals surface area contributed by atoms with Gasteiger partial charge >= 0.3 is 0 Å². The van der Waals surface area contributed by atoms with E-state index in [2.05, 4.69) is 20.6 Å². The van der Waals surface area contributed by atoms with Gasteiger partial charge in [0.1, 0.15) is 0 Å². The summed E-state index contributed by atoms with van der Waals surface area (Å²) >= 11 is 0. The number of guanidine groups is 1. The van der Waals surface area contributed by atoms with E-state index in [1.165, 1.54) is 0 Å². The van der Waals surface area contributed by atoms with Crippen LogP contribution >= 0.6 is 24.0 Å². The average molecular weight is 500 g/mol. The van der Waals surface area contributed by atoms with Gasteiger partial charge in [0.2, 0.25) is 5.88 Å². The molecule has 0 fully saturated rings. The molecule has 2 aromatic rings. The van der Waals surface area contributed by atoms with Gasteiger partial charge in [0.05, 0.1) is 20.8 Å². The lowest BCUT2D eigenvalue weighted by Crippen LogP contribution is -2.38. The second-order valence-electron chi connectivity index (χ2n) is 5.69. The Kier molecular flexibility index (Phi) is 11.1. The van der Waals surface area contributed by atoms with Crippen LogP contribution in [-0.2, 0) is 13.0 Å². The van der Waals surface area contributed by atoms with Crippen molar-refractivity contribution < 1.29 is 14.2 Å². The first kappa shape index (κ1) is 23.8. The summed E-state index contributed by atoms with van der Waals surface area (Å²) in [5, 5.41) is 6.60. The molecular formula is C20H29IN4O3. The predicted molar refractivity (Wildman–Crippen MR) is 122 cm³/mol. The number of hydrogen-bond acceptors (Lipinski definition) is 5. The van der Waals surface area contributed by atoms with Crippen LogP contribution in [0.4, 0.5) is 0 Å². The number of aliphatic imine (C=N–C) groups is 1. The third kappa shape index (κ3) is 7.06. The van der Waals surface area contributed by atoms with Crippen LogP contribution in [0.1, 0.15) is 18.1 Å². The van der Waals surface area contributed by atoms with Gasteiger partial charge in [-0.3, -0.25) is 4.99 Å². The summed E-state index contributed by atoms with van der Waals surface area (Å²) < 4.78 is 16.2. The Bertz CT molecular complexity index is 756. The number of halogens is 1. The second kappa shape index (κ2) is 13.0. The predicted octanol–water partition coefficient (Wildman–Crippen LogP) is 3.02. The number of pyridine rings is 1. The number of hydrogen-bond donors (Lipinski definition) is 2. The van der Waals surface area contributed by atoms with Crippen molar-refractivity contribution in [1.82, 2.24) is 15.6 Å². The van der Waals surface area contributed by atoms with Gasteiger partial charge in [-0.2, -0.15) is 0 Å². The van der Waals surface area contributed by atoms with Crippen LogP contribution in [0.5, 0.6) is 17.4 Å². The van der Waals surface area contributed by atoms with Crippen molar-refractivity contribution in [2.45, 2.75) is 19.9 Å². The second-order valence-corrected chi connectivity index (χ2v) is 5.69. The lowest BCUT2D eigenvalue weighted by Gasteiger charge is -2.14. The summed E-state index contributed by atoms with van der Waals surface area (Å²) in [5.41, 5.74) is 2.14. The zero-order valence-electron chi connectivity index (χ0n) is 16.8. The first-order chi connectivity index (χ1) is 13.2. The molecule has 0 atom stereocenters. The zero-order valence-corrected chi connectivity index (χ0v) is 19.2. The molecule has 8 heteroatoms. The van der Waals surface area contributed by atoms with E-state index in [0.717, 1.165) is 41.6 Å². The Morgan fingerprint density at radius 3 is 2.57 bits per heavy atom. The molecule has 154 valence electrons. The van der Waals surface area contributed by atoms with Gasteiger partial charge < -0.3 is 24.8 Å². The van der Waals surface area contributed by atoms with Crippen LogP contribution < -0.4 is 24.8 Å². The van der Waals surface area contributed by atoms with Crippen LogP contribution in [0, 0.1) is 0 Å². The Morgan fingerprint density at radius 2 is 1.89 bits per heavy atom. The summed E-state index contributed by atoms with van der Waals surface area (Å²) in [4.78, 5) is 8.52. The highest BCUT2D eigenvalue weighted by Gasteiger charge is 2.07. The van der Waals surface area contributed by atoms with Crippen LogP contribution in [0.15, 0.2) is 41.5 Å². The first-order valence-corrected chi connectivity index (χ1v) is 8.93. The Hall–Kier alpha value is -2.23. The van der Waals surface area contributed by atoms with E-state index < -0.39 is 0 Å². The van der Waals surface area contributed by atoms with Gasteiger partial charge in [0.25, 0.3) is 0 Å². The maximum absolute atomic E-state index is 5.55. The minimum Gasteiger partial charge on any atom is -0.493 e. The quantitative estimate of drug-likeness (QED) is 0.313. The highest BCUT2D eigenvalue weighted by atomic mass is 127. The van der Waals surface area contributed by atoms with E-state index in [0.29, 0.717) is 19.0 Å². The minimum atomic E-state index is 0. The number of nitrogens with zero attached hydrogens (tertiary/aromatic N) is 2. The van der Waals surface area contributed by atoms with Gasteiger partial charge in [-0.25, -0.2) is 4.98 Å². The van der Waals surface area contributed by atoms with Gasteiger partial charge in [-0.1, -0.05) is 12.1 Å². The minimum absolute atomic E-state index is 0. The lowest BCUT2D eigenvalue weighted by molar-refractivity contribution is 0.322. The molecule has 0 amide bonds. The van der Waals surface area contributed by atoms with Gasteiger partial charge in [-0.05, 0) is 37.1 Å². The van der Waals surface area contributed by atoms with Crippen molar-refractivity contribution in [3.8, 4) is 17.4 Å². The number of methoxy groups -OCH3 is 2. The molecule has 2 N–H and O–H groups in total. The number of aromatic nitrogens is 1. The molecular weight excluding hydrogens is 471 g/mol. The number of ether oxygens (including phenoxy) is 3. The molecule has 0 bridgehead atoms. The highest BCUT2D eigenvalue weighted by Crippen LogP contribution is 2.27. The molecule has 1 aromatic heterocycles. The Morgan fingerprint density at radius 1 is 1.11 bits per heavy atom. The number of benzene rings is 1. The van der Waals surface area contributed by atoms with Crippen molar-refractivity contribution in [3.05, 3.63) is 47.7 Å².